The van der Waals surface area contributed by atoms with E-state index >= 15 is 0 Å². The van der Waals surface area contributed by atoms with Crippen LogP contribution in [0.4, 0.5) is 0 Å². The van der Waals surface area contributed by atoms with E-state index in [2.05, 4.69) is 63.6 Å². The fourth-order valence-electron chi connectivity index (χ4n) is 1.95. The van der Waals surface area contributed by atoms with Crippen LogP contribution in [0.2, 0.25) is 0 Å². The van der Waals surface area contributed by atoms with Crippen LogP contribution in [0, 0.1) is 0 Å². The predicted octanol–water partition coefficient (Wildman–Crippen LogP) is 6.36. The third kappa shape index (κ3) is 20.5. The van der Waals surface area contributed by atoms with E-state index in [-0.39, 0.29) is 23.9 Å². The van der Waals surface area contributed by atoms with Crippen molar-refractivity contribution in [3.05, 3.63) is 91.0 Å². The average molecular weight is 552 g/mol. The second kappa shape index (κ2) is 22.2. The molecule has 0 amide bonds. The molecule has 0 fully saturated rings. The Morgan fingerprint density at radius 2 is 0.690 bits per heavy atom. The fourth-order valence-corrected chi connectivity index (χ4v) is 2.47. The van der Waals surface area contributed by atoms with E-state index in [1.54, 1.807) is 0 Å². The third-order valence-corrected chi connectivity index (χ3v) is 4.50. The molecule has 0 aliphatic heterocycles. The summed E-state index contributed by atoms with van der Waals surface area (Å²) in [6, 6.07) is 29.4. The summed E-state index contributed by atoms with van der Waals surface area (Å²) in [5.41, 5.74) is 0. The van der Waals surface area contributed by atoms with Crippen molar-refractivity contribution in [1.29, 1.82) is 0 Å². The van der Waals surface area contributed by atoms with Crippen LogP contribution in [-0.2, 0) is 0 Å². The number of hydrogen-bond donors (Lipinski definition) is 3. The summed E-state index contributed by atoms with van der Waals surface area (Å²) in [7, 11) is 0. The molecule has 0 atom stereocenters. The van der Waals surface area contributed by atoms with Gasteiger partial charge in [0.2, 0.25) is 0 Å². The van der Waals surface area contributed by atoms with Gasteiger partial charge in [-0.25, -0.2) is 0 Å². The Morgan fingerprint density at radius 1 is 0.483 bits per heavy atom. The van der Waals surface area contributed by atoms with E-state index in [1.807, 2.05) is 91.0 Å². The van der Waals surface area contributed by atoms with Crippen molar-refractivity contribution in [2.75, 3.05) is 19.6 Å². The van der Waals surface area contributed by atoms with Gasteiger partial charge < -0.3 is 4.90 Å². The molecule has 0 spiro atoms. The Balaban J connectivity index is 0. The van der Waals surface area contributed by atoms with Crippen LogP contribution < -0.4 is 0 Å². The Morgan fingerprint density at radius 3 is 0.759 bits per heavy atom. The number of nitrogens with zero attached hydrogens (tertiary/aromatic N) is 1. The van der Waals surface area contributed by atoms with Gasteiger partial charge in [0.25, 0.3) is 0 Å². The van der Waals surface area contributed by atoms with Gasteiger partial charge in [-0.15, -0.1) is 37.9 Å². The van der Waals surface area contributed by atoms with Crippen molar-refractivity contribution in [2.24, 2.45) is 0 Å². The monoisotopic (exact) mass is 553 g/mol. The van der Waals surface area contributed by atoms with Crippen molar-refractivity contribution in [1.82, 2.24) is 4.90 Å². The molecule has 3 aromatic rings. The number of hydrogen-bond acceptors (Lipinski definition) is 4. The summed E-state index contributed by atoms with van der Waals surface area (Å²) in [6.45, 7) is 10.1. The topological polar surface area (TPSA) is 3.24 Å². The van der Waals surface area contributed by atoms with Crippen LogP contribution in [0.5, 0.6) is 0 Å². The van der Waals surface area contributed by atoms with Gasteiger partial charge in [-0.05, 0) is 56.0 Å². The molecule has 158 valence electrons. The molecule has 2 radical (unpaired) electrons. The van der Waals surface area contributed by atoms with Gasteiger partial charge in [0, 0.05) is 14.7 Å². The molecule has 0 N–H and O–H groups in total. The summed E-state index contributed by atoms with van der Waals surface area (Å²) in [5, 5.41) is 0. The molecule has 1 nitrogen and oxygen atoms in total. The molecular formula is C24H35NS3Sn. The van der Waals surface area contributed by atoms with Crippen molar-refractivity contribution in [3.8, 4) is 0 Å². The molecule has 0 unspecified atom stereocenters. The summed E-state index contributed by atoms with van der Waals surface area (Å²) < 4.78 is 0. The number of thiol groups is 3. The first-order valence-corrected chi connectivity index (χ1v) is 10.8. The first-order chi connectivity index (χ1) is 13.5. The van der Waals surface area contributed by atoms with E-state index < -0.39 is 0 Å². The molecule has 5 heteroatoms. The summed E-state index contributed by atoms with van der Waals surface area (Å²) in [4.78, 5) is 5.42. The number of rotatable bonds is 3. The third-order valence-electron chi connectivity index (χ3n) is 3.61. The Hall–Kier alpha value is -0.531. The zero-order chi connectivity index (χ0) is 21.0. The molecule has 29 heavy (non-hydrogen) atoms. The van der Waals surface area contributed by atoms with E-state index in [0.29, 0.717) is 0 Å². The van der Waals surface area contributed by atoms with Gasteiger partial charge in [-0.1, -0.05) is 75.4 Å². The SMILES string of the molecule is CCN(CC)CC.Sc1ccccc1.Sc1ccccc1.Sc1ccccc1.[SnH2]. The van der Waals surface area contributed by atoms with E-state index in [9.17, 15) is 0 Å². The van der Waals surface area contributed by atoms with Gasteiger partial charge in [-0.3, -0.25) is 0 Å². The molecule has 0 aliphatic carbocycles. The van der Waals surface area contributed by atoms with E-state index in [0.717, 1.165) is 14.7 Å². The minimum absolute atomic E-state index is 0. The zero-order valence-corrected chi connectivity index (χ0v) is 24.5. The van der Waals surface area contributed by atoms with E-state index in [4.69, 9.17) is 0 Å². The second-order valence-corrected chi connectivity index (χ2v) is 7.18. The fraction of sp³-hybridized carbons (Fsp3) is 0.250. The van der Waals surface area contributed by atoms with Crippen LogP contribution in [0.25, 0.3) is 0 Å². The van der Waals surface area contributed by atoms with Gasteiger partial charge in [0.05, 0.1) is 0 Å². The molecule has 0 heterocycles. The minimum atomic E-state index is 0. The van der Waals surface area contributed by atoms with E-state index in [1.165, 1.54) is 19.6 Å². The maximum atomic E-state index is 4.08. The molecule has 3 aromatic carbocycles. The zero-order valence-electron chi connectivity index (χ0n) is 17.8. The van der Waals surface area contributed by atoms with Crippen LogP contribution in [0.15, 0.2) is 106 Å². The molecule has 3 rings (SSSR count). The summed E-state index contributed by atoms with van der Waals surface area (Å²) in [6.07, 6.45) is 0. The molecule has 0 aliphatic rings. The van der Waals surface area contributed by atoms with Crippen LogP contribution in [0.1, 0.15) is 20.8 Å². The Kier molecular flexibility index (Phi) is 23.4. The Labute approximate surface area is 211 Å². The average Bonchev–Trinajstić information content (AvgIpc) is 2.73. The molecule has 0 saturated heterocycles. The number of benzene rings is 3. The standard InChI is InChI=1S/C6H15N.3C6H6S.Sn.2H/c1-4-7(5-2)6-3;3*7-6-4-2-1-3-5-6;;;/h4-6H2,1-3H3;3*1-5,7H;;;. The molecule has 0 aromatic heterocycles. The van der Waals surface area contributed by atoms with Crippen molar-refractivity contribution in [2.45, 2.75) is 35.5 Å². The van der Waals surface area contributed by atoms with Gasteiger partial charge in [0.15, 0.2) is 0 Å². The molecular weight excluding hydrogens is 517 g/mol. The van der Waals surface area contributed by atoms with Crippen LogP contribution >= 0.6 is 37.9 Å². The quantitative estimate of drug-likeness (QED) is 0.252. The second-order valence-electron chi connectivity index (χ2n) is 5.63. The predicted molar refractivity (Wildman–Crippen MR) is 143 cm³/mol. The molecule has 0 bridgehead atoms. The van der Waals surface area contributed by atoms with Crippen molar-refractivity contribution >= 4 is 61.8 Å². The Bertz CT molecular complexity index is 584. The summed E-state index contributed by atoms with van der Waals surface area (Å²) in [5.74, 6) is 0. The first-order valence-electron chi connectivity index (χ1n) is 9.47. The normalized spacial score (nSPS) is 8.79. The first kappa shape index (κ1) is 30.7. The van der Waals surface area contributed by atoms with Crippen molar-refractivity contribution in [3.63, 3.8) is 0 Å². The molecule has 0 saturated carbocycles. The van der Waals surface area contributed by atoms with Gasteiger partial charge in [0.1, 0.15) is 0 Å². The van der Waals surface area contributed by atoms with Gasteiger partial charge >= 0.3 is 23.9 Å². The van der Waals surface area contributed by atoms with Crippen LogP contribution in [-0.4, -0.2) is 48.4 Å². The van der Waals surface area contributed by atoms with Crippen molar-refractivity contribution < 1.29 is 0 Å². The van der Waals surface area contributed by atoms with Crippen LogP contribution in [0.3, 0.4) is 0 Å². The van der Waals surface area contributed by atoms with Gasteiger partial charge in [-0.2, -0.15) is 0 Å². The maximum absolute atomic E-state index is 4.08. The summed E-state index contributed by atoms with van der Waals surface area (Å²) >= 11 is 12.3.